The Morgan fingerprint density at radius 2 is 1.24 bits per heavy atom. The minimum Gasteiger partial charge on any atom is -0.321 e. The van der Waals surface area contributed by atoms with Gasteiger partial charge in [0.15, 0.2) is 0 Å². The maximum atomic E-state index is 13.7. The number of nitrogens with zero attached hydrogens (tertiary/aromatic N) is 1. The molecule has 5 aromatic rings. The highest BCUT2D eigenvalue weighted by atomic mass is 35.5. The first-order chi connectivity index (χ1) is 21.9. The molecule has 0 radical (unpaired) electrons. The van der Waals surface area contributed by atoms with Gasteiger partial charge in [0.05, 0.1) is 5.25 Å². The van der Waals surface area contributed by atoms with E-state index in [0.29, 0.717) is 21.8 Å². The largest absolute Gasteiger partial charge is 0.321 e. The van der Waals surface area contributed by atoms with E-state index in [1.165, 1.54) is 11.8 Å². The Morgan fingerprint density at radius 3 is 1.80 bits per heavy atom. The number of carbonyl (C=O) groups excluding carboxylic acids is 3. The molecular weight excluding hydrogens is 602 g/mol. The van der Waals surface area contributed by atoms with Crippen molar-refractivity contribution >= 4 is 64.2 Å². The van der Waals surface area contributed by atoms with Crippen LogP contribution in [0.25, 0.3) is 6.08 Å². The Kier molecular flexibility index (Phi) is 10.5. The highest BCUT2D eigenvalue weighted by molar-refractivity contribution is 8.00. The summed E-state index contributed by atoms with van der Waals surface area (Å²) in [4.78, 5) is 42.6. The average molecular weight is 632 g/mol. The second kappa shape index (κ2) is 15.1. The summed E-state index contributed by atoms with van der Waals surface area (Å²) in [6.45, 7) is 1.88. The average Bonchev–Trinajstić information content (AvgIpc) is 3.07. The maximum absolute atomic E-state index is 13.7. The fraction of sp³-hybridized carbons (Fsp3) is 0.0541. The van der Waals surface area contributed by atoms with Gasteiger partial charge in [-0.15, -0.1) is 11.8 Å². The molecule has 1 atom stereocenters. The molecule has 0 aliphatic heterocycles. The number of anilines is 3. The lowest BCUT2D eigenvalue weighted by atomic mass is 10.1. The van der Waals surface area contributed by atoms with Crippen LogP contribution in [0.5, 0.6) is 0 Å². The summed E-state index contributed by atoms with van der Waals surface area (Å²) in [5, 5.41) is 5.77. The van der Waals surface area contributed by atoms with Crippen LogP contribution < -0.4 is 15.5 Å². The molecule has 0 saturated carbocycles. The van der Waals surface area contributed by atoms with Crippen LogP contribution >= 0.6 is 23.4 Å². The Bertz CT molecular complexity index is 1740. The SMILES string of the molecule is CC(Sc1ccc(NC(=O)/C(=C/c2ccc(Cl)cc2)NC(=O)c2ccccc2)cc1)C(=O)N(c1ccccc1)c1ccccc1. The smallest absolute Gasteiger partial charge is 0.272 e. The zero-order valence-corrected chi connectivity index (χ0v) is 26.0. The highest BCUT2D eigenvalue weighted by Gasteiger charge is 2.24. The third-order valence-electron chi connectivity index (χ3n) is 6.73. The lowest BCUT2D eigenvalue weighted by molar-refractivity contribution is -0.117. The number of hydrogen-bond donors (Lipinski definition) is 2. The van der Waals surface area contributed by atoms with Gasteiger partial charge in [-0.05, 0) is 91.4 Å². The summed E-state index contributed by atoms with van der Waals surface area (Å²) >= 11 is 7.45. The number of carbonyl (C=O) groups is 3. The molecule has 5 rings (SSSR count). The molecule has 3 amide bonds. The van der Waals surface area contributed by atoms with Crippen LogP contribution in [0.4, 0.5) is 17.1 Å². The zero-order chi connectivity index (χ0) is 31.6. The molecule has 1 unspecified atom stereocenters. The summed E-state index contributed by atoms with van der Waals surface area (Å²) in [6, 6.07) is 42.0. The summed E-state index contributed by atoms with van der Waals surface area (Å²) in [5.41, 5.74) is 3.32. The maximum Gasteiger partial charge on any atom is 0.272 e. The molecule has 224 valence electrons. The number of benzene rings is 5. The topological polar surface area (TPSA) is 78.5 Å². The van der Waals surface area contributed by atoms with Gasteiger partial charge in [0, 0.05) is 32.5 Å². The predicted molar refractivity (Wildman–Crippen MR) is 184 cm³/mol. The van der Waals surface area contributed by atoms with Gasteiger partial charge in [0.25, 0.3) is 11.8 Å². The normalized spacial score (nSPS) is 11.7. The molecule has 0 spiro atoms. The van der Waals surface area contributed by atoms with Gasteiger partial charge in [-0.25, -0.2) is 0 Å². The lowest BCUT2D eigenvalue weighted by Crippen LogP contribution is -2.32. The molecule has 45 heavy (non-hydrogen) atoms. The van der Waals surface area contributed by atoms with Crippen LogP contribution in [-0.4, -0.2) is 23.0 Å². The van der Waals surface area contributed by atoms with E-state index in [2.05, 4.69) is 10.6 Å². The van der Waals surface area contributed by atoms with Crippen molar-refractivity contribution in [3.63, 3.8) is 0 Å². The first-order valence-electron chi connectivity index (χ1n) is 14.2. The van der Waals surface area contributed by atoms with E-state index in [9.17, 15) is 14.4 Å². The van der Waals surface area contributed by atoms with Crippen molar-refractivity contribution < 1.29 is 14.4 Å². The number of halogens is 1. The molecule has 0 aliphatic rings. The molecule has 6 nitrogen and oxygen atoms in total. The number of thioether (sulfide) groups is 1. The number of amides is 3. The van der Waals surface area contributed by atoms with E-state index in [0.717, 1.165) is 16.3 Å². The zero-order valence-electron chi connectivity index (χ0n) is 24.4. The third-order valence-corrected chi connectivity index (χ3v) is 8.08. The second-order valence-corrected chi connectivity index (χ2v) is 11.9. The van der Waals surface area contributed by atoms with Crippen LogP contribution in [0.3, 0.4) is 0 Å². The molecule has 0 bridgehead atoms. The Balaban J connectivity index is 1.29. The number of hydrogen-bond acceptors (Lipinski definition) is 4. The van der Waals surface area contributed by atoms with Gasteiger partial charge >= 0.3 is 0 Å². The van der Waals surface area contributed by atoms with Crippen molar-refractivity contribution in [1.29, 1.82) is 0 Å². The van der Waals surface area contributed by atoms with Crippen molar-refractivity contribution in [3.8, 4) is 0 Å². The van der Waals surface area contributed by atoms with Crippen LogP contribution in [0.15, 0.2) is 150 Å². The van der Waals surface area contributed by atoms with E-state index in [1.54, 1.807) is 71.6 Å². The van der Waals surface area contributed by atoms with Crippen LogP contribution in [0.2, 0.25) is 5.02 Å². The number of para-hydroxylation sites is 2. The van der Waals surface area contributed by atoms with E-state index >= 15 is 0 Å². The fourth-order valence-corrected chi connectivity index (χ4v) is 5.51. The van der Waals surface area contributed by atoms with Gasteiger partial charge in [-0.1, -0.05) is 78.3 Å². The molecular formula is C37H30ClN3O3S. The van der Waals surface area contributed by atoms with Crippen LogP contribution in [0, 0.1) is 0 Å². The Morgan fingerprint density at radius 1 is 0.711 bits per heavy atom. The third kappa shape index (κ3) is 8.50. The van der Waals surface area contributed by atoms with Crippen LogP contribution in [-0.2, 0) is 9.59 Å². The minimum absolute atomic E-state index is 0.0547. The van der Waals surface area contributed by atoms with Gasteiger partial charge in [-0.3, -0.25) is 19.3 Å². The van der Waals surface area contributed by atoms with E-state index in [-0.39, 0.29) is 11.6 Å². The summed E-state index contributed by atoms with van der Waals surface area (Å²) in [5.74, 6) is -0.947. The van der Waals surface area contributed by atoms with Crippen molar-refractivity contribution in [2.75, 3.05) is 10.2 Å². The van der Waals surface area contributed by atoms with Gasteiger partial charge in [-0.2, -0.15) is 0 Å². The Labute approximate surface area is 271 Å². The molecule has 8 heteroatoms. The van der Waals surface area contributed by atoms with E-state index in [4.69, 9.17) is 11.6 Å². The molecule has 2 N–H and O–H groups in total. The minimum atomic E-state index is -0.487. The standard InChI is InChI=1S/C37H30ClN3O3S/c1-26(37(44)41(31-13-7-3-8-14-31)32-15-9-4-10-16-32)45-33-23-21-30(22-24-33)39-36(43)34(25-27-17-19-29(38)20-18-27)40-35(42)28-11-5-2-6-12-28/h2-26H,1H3,(H,39,43)(H,40,42)/b34-25-. The quantitative estimate of drug-likeness (QED) is 0.120. The monoisotopic (exact) mass is 631 g/mol. The first-order valence-corrected chi connectivity index (χ1v) is 15.5. The van der Waals surface area contributed by atoms with Gasteiger partial charge in [0.1, 0.15) is 5.70 Å². The molecule has 0 heterocycles. The van der Waals surface area contributed by atoms with Crippen molar-refractivity contribution in [3.05, 3.63) is 161 Å². The van der Waals surface area contributed by atoms with E-state index < -0.39 is 17.1 Å². The van der Waals surface area contributed by atoms with Gasteiger partial charge < -0.3 is 10.6 Å². The van der Waals surface area contributed by atoms with Gasteiger partial charge in [0.2, 0.25) is 5.91 Å². The highest BCUT2D eigenvalue weighted by Crippen LogP contribution is 2.31. The molecule has 5 aromatic carbocycles. The molecule has 0 saturated heterocycles. The molecule has 0 aliphatic carbocycles. The van der Waals surface area contributed by atoms with E-state index in [1.807, 2.05) is 85.8 Å². The summed E-state index contributed by atoms with van der Waals surface area (Å²) < 4.78 is 0. The van der Waals surface area contributed by atoms with Crippen molar-refractivity contribution in [2.45, 2.75) is 17.1 Å². The summed E-state index contributed by atoms with van der Waals surface area (Å²) in [6.07, 6.45) is 1.59. The molecule has 0 fully saturated rings. The lowest BCUT2D eigenvalue weighted by Gasteiger charge is -2.26. The number of nitrogens with one attached hydrogen (secondary N) is 2. The first kappa shape index (κ1) is 31.3. The van der Waals surface area contributed by atoms with Crippen LogP contribution in [0.1, 0.15) is 22.8 Å². The second-order valence-electron chi connectivity index (χ2n) is 10.0. The summed E-state index contributed by atoms with van der Waals surface area (Å²) in [7, 11) is 0. The molecule has 0 aromatic heterocycles. The number of rotatable bonds is 10. The van der Waals surface area contributed by atoms with Crippen molar-refractivity contribution in [2.24, 2.45) is 0 Å². The Hall–Kier alpha value is -5.11. The predicted octanol–water partition coefficient (Wildman–Crippen LogP) is 8.60. The van der Waals surface area contributed by atoms with Crippen molar-refractivity contribution in [1.82, 2.24) is 5.32 Å². The fourth-order valence-electron chi connectivity index (χ4n) is 4.48.